The SMILES string of the molecule is CC(OCCOc1c2ccccc2cc2ccccc12)Oc1ccc(C(C(C)N)C(C)(C)C)cc1. The molecule has 3 unspecified atom stereocenters. The number of rotatable bonds is 9. The summed E-state index contributed by atoms with van der Waals surface area (Å²) in [5.74, 6) is 1.95. The average molecular weight is 472 g/mol. The van der Waals surface area contributed by atoms with Crippen molar-refractivity contribution in [2.45, 2.75) is 52.9 Å². The first-order chi connectivity index (χ1) is 16.7. The van der Waals surface area contributed by atoms with Crippen LogP contribution in [0.5, 0.6) is 11.5 Å². The summed E-state index contributed by atoms with van der Waals surface area (Å²) in [4.78, 5) is 0. The molecular formula is C31H37NO3. The largest absolute Gasteiger partial charge is 0.490 e. The van der Waals surface area contributed by atoms with Gasteiger partial charge in [-0.1, -0.05) is 81.4 Å². The fraction of sp³-hybridized carbons (Fsp3) is 0.355. The van der Waals surface area contributed by atoms with E-state index in [1.54, 1.807) is 0 Å². The Bertz CT molecular complexity index is 1200. The normalized spacial score (nSPS) is 14.6. The molecule has 0 saturated heterocycles. The Morgan fingerprint density at radius 3 is 1.89 bits per heavy atom. The molecule has 0 fully saturated rings. The number of benzene rings is 4. The van der Waals surface area contributed by atoms with Crippen molar-refractivity contribution in [1.82, 2.24) is 0 Å². The van der Waals surface area contributed by atoms with Gasteiger partial charge in [-0.15, -0.1) is 0 Å². The Labute approximate surface area is 209 Å². The van der Waals surface area contributed by atoms with Crippen LogP contribution in [0.1, 0.15) is 46.1 Å². The van der Waals surface area contributed by atoms with Crippen LogP contribution in [-0.4, -0.2) is 25.5 Å². The van der Waals surface area contributed by atoms with Crippen molar-refractivity contribution in [3.8, 4) is 11.5 Å². The molecule has 4 nitrogen and oxygen atoms in total. The van der Waals surface area contributed by atoms with Gasteiger partial charge in [0, 0.05) is 22.7 Å². The molecule has 3 atom stereocenters. The number of hydrogen-bond donors (Lipinski definition) is 1. The van der Waals surface area contributed by atoms with E-state index < -0.39 is 0 Å². The Hall–Kier alpha value is -3.08. The van der Waals surface area contributed by atoms with Gasteiger partial charge in [-0.3, -0.25) is 0 Å². The summed E-state index contributed by atoms with van der Waals surface area (Å²) in [6.45, 7) is 11.5. The maximum Gasteiger partial charge on any atom is 0.197 e. The van der Waals surface area contributed by atoms with Crippen LogP contribution < -0.4 is 15.2 Å². The van der Waals surface area contributed by atoms with Gasteiger partial charge in [-0.05, 0) is 53.8 Å². The van der Waals surface area contributed by atoms with Crippen LogP contribution in [0.2, 0.25) is 0 Å². The molecule has 0 aliphatic heterocycles. The van der Waals surface area contributed by atoms with Gasteiger partial charge in [0.1, 0.15) is 18.1 Å². The van der Waals surface area contributed by atoms with Gasteiger partial charge in [-0.25, -0.2) is 0 Å². The van der Waals surface area contributed by atoms with E-state index in [9.17, 15) is 0 Å². The lowest BCUT2D eigenvalue weighted by Crippen LogP contribution is -2.34. The predicted octanol–water partition coefficient (Wildman–Crippen LogP) is 7.29. The molecule has 4 heteroatoms. The summed E-state index contributed by atoms with van der Waals surface area (Å²) in [7, 11) is 0. The van der Waals surface area contributed by atoms with Gasteiger partial charge in [0.15, 0.2) is 6.29 Å². The van der Waals surface area contributed by atoms with Crippen molar-refractivity contribution in [2.24, 2.45) is 11.1 Å². The third-order valence-corrected chi connectivity index (χ3v) is 6.40. The van der Waals surface area contributed by atoms with E-state index in [1.807, 2.05) is 31.2 Å². The van der Waals surface area contributed by atoms with Crippen LogP contribution in [0.25, 0.3) is 21.5 Å². The van der Waals surface area contributed by atoms with E-state index in [1.165, 1.54) is 16.3 Å². The summed E-state index contributed by atoms with van der Waals surface area (Å²) in [6.07, 6.45) is -0.388. The molecule has 35 heavy (non-hydrogen) atoms. The molecule has 0 radical (unpaired) electrons. The number of ether oxygens (including phenoxy) is 3. The van der Waals surface area contributed by atoms with Crippen LogP contribution in [-0.2, 0) is 4.74 Å². The van der Waals surface area contributed by atoms with Crippen LogP contribution in [0, 0.1) is 5.41 Å². The third kappa shape index (κ3) is 5.95. The lowest BCUT2D eigenvalue weighted by Gasteiger charge is -2.34. The minimum absolute atomic E-state index is 0.0721. The standard InChI is InChI=1S/C31H37NO3/c1-21(32)29(31(3,4)5)23-14-16-26(17-15-23)35-22(2)33-18-19-34-30-27-12-8-6-10-24(27)20-25-11-7-9-13-28(25)30/h6-17,20-22,29H,18-19,32H2,1-5H3. The van der Waals surface area contributed by atoms with Crippen LogP contribution in [0.4, 0.5) is 0 Å². The van der Waals surface area contributed by atoms with Crippen LogP contribution in [0.3, 0.4) is 0 Å². The van der Waals surface area contributed by atoms with E-state index in [-0.39, 0.29) is 23.7 Å². The molecule has 0 aromatic heterocycles. The fourth-order valence-corrected chi connectivity index (χ4v) is 5.06. The summed E-state index contributed by atoms with van der Waals surface area (Å²) < 4.78 is 18.1. The van der Waals surface area contributed by atoms with Crippen molar-refractivity contribution in [3.05, 3.63) is 84.4 Å². The monoisotopic (exact) mass is 471 g/mol. The van der Waals surface area contributed by atoms with Crippen molar-refractivity contribution < 1.29 is 14.2 Å². The second kappa shape index (κ2) is 10.7. The third-order valence-electron chi connectivity index (χ3n) is 6.40. The molecule has 0 aliphatic rings. The highest BCUT2D eigenvalue weighted by atomic mass is 16.7. The lowest BCUT2D eigenvalue weighted by molar-refractivity contribution is -0.0737. The predicted molar refractivity (Wildman–Crippen MR) is 145 cm³/mol. The topological polar surface area (TPSA) is 53.7 Å². The number of fused-ring (bicyclic) bond motifs is 2. The van der Waals surface area contributed by atoms with Crippen molar-refractivity contribution in [2.75, 3.05) is 13.2 Å². The average Bonchev–Trinajstić information content (AvgIpc) is 2.81. The van der Waals surface area contributed by atoms with Gasteiger partial charge < -0.3 is 19.9 Å². The van der Waals surface area contributed by atoms with Gasteiger partial charge in [-0.2, -0.15) is 0 Å². The second-order valence-corrected chi connectivity index (χ2v) is 10.3. The smallest absolute Gasteiger partial charge is 0.197 e. The zero-order chi connectivity index (χ0) is 25.0. The first kappa shape index (κ1) is 25.0. The Kier molecular flexibility index (Phi) is 7.63. The second-order valence-electron chi connectivity index (χ2n) is 10.3. The van der Waals surface area contributed by atoms with E-state index in [0.29, 0.717) is 13.2 Å². The zero-order valence-corrected chi connectivity index (χ0v) is 21.5. The van der Waals surface area contributed by atoms with Crippen molar-refractivity contribution in [1.29, 1.82) is 0 Å². The van der Waals surface area contributed by atoms with Crippen molar-refractivity contribution in [3.63, 3.8) is 0 Å². The first-order valence-electron chi connectivity index (χ1n) is 12.4. The van der Waals surface area contributed by atoms with Gasteiger partial charge >= 0.3 is 0 Å². The molecule has 4 rings (SSSR count). The summed E-state index contributed by atoms with van der Waals surface area (Å²) >= 11 is 0. The zero-order valence-electron chi connectivity index (χ0n) is 21.5. The van der Waals surface area contributed by atoms with Crippen LogP contribution in [0.15, 0.2) is 78.9 Å². The Morgan fingerprint density at radius 1 is 0.771 bits per heavy atom. The summed E-state index contributed by atoms with van der Waals surface area (Å²) in [6, 6.07) is 27.1. The molecule has 0 saturated carbocycles. The highest BCUT2D eigenvalue weighted by Gasteiger charge is 2.29. The van der Waals surface area contributed by atoms with E-state index in [0.717, 1.165) is 22.3 Å². The van der Waals surface area contributed by atoms with Gasteiger partial charge in [0.2, 0.25) is 0 Å². The summed E-state index contributed by atoms with van der Waals surface area (Å²) in [5.41, 5.74) is 7.59. The quantitative estimate of drug-likeness (QED) is 0.158. The first-order valence-corrected chi connectivity index (χ1v) is 12.4. The van der Waals surface area contributed by atoms with Crippen molar-refractivity contribution >= 4 is 21.5 Å². The fourth-order valence-electron chi connectivity index (χ4n) is 5.06. The molecule has 0 heterocycles. The number of hydrogen-bond acceptors (Lipinski definition) is 4. The van der Waals surface area contributed by atoms with Gasteiger partial charge in [0.05, 0.1) is 6.61 Å². The number of nitrogens with two attached hydrogens (primary N) is 1. The minimum Gasteiger partial charge on any atom is -0.490 e. The summed E-state index contributed by atoms with van der Waals surface area (Å²) in [5, 5.41) is 4.55. The maximum atomic E-state index is 6.28. The van der Waals surface area contributed by atoms with E-state index in [4.69, 9.17) is 19.9 Å². The van der Waals surface area contributed by atoms with Crippen LogP contribution >= 0.6 is 0 Å². The molecule has 4 aromatic rings. The molecule has 0 amide bonds. The highest BCUT2D eigenvalue weighted by Crippen LogP contribution is 2.38. The van der Waals surface area contributed by atoms with Gasteiger partial charge in [0.25, 0.3) is 0 Å². The lowest BCUT2D eigenvalue weighted by atomic mass is 9.73. The maximum absolute atomic E-state index is 6.28. The molecule has 0 spiro atoms. The van der Waals surface area contributed by atoms with E-state index >= 15 is 0 Å². The minimum atomic E-state index is -0.388. The Balaban J connectivity index is 1.35. The Morgan fingerprint density at radius 2 is 1.34 bits per heavy atom. The molecule has 184 valence electrons. The van der Waals surface area contributed by atoms with E-state index in [2.05, 4.69) is 82.3 Å². The molecule has 0 bridgehead atoms. The molecule has 0 aliphatic carbocycles. The molecule has 4 aromatic carbocycles. The molecular weight excluding hydrogens is 434 g/mol. The highest BCUT2D eigenvalue weighted by molar-refractivity contribution is 6.05. The molecule has 2 N–H and O–H groups in total.